The summed E-state index contributed by atoms with van der Waals surface area (Å²) in [6, 6.07) is 8.99. The summed E-state index contributed by atoms with van der Waals surface area (Å²) in [5.41, 5.74) is 1.84. The van der Waals surface area contributed by atoms with Gasteiger partial charge in [0.05, 0.1) is 5.56 Å². The molecule has 2 aliphatic rings. The maximum Gasteiger partial charge on any atom is 0.261 e. The average molecular weight is 400 g/mol. The number of benzene rings is 1. The Hall–Kier alpha value is -2.60. The van der Waals surface area contributed by atoms with Gasteiger partial charge in [-0.3, -0.25) is 9.59 Å². The fraction of sp³-hybridized carbons (Fsp3) is 0.381. The molecule has 1 fully saturated rings. The van der Waals surface area contributed by atoms with Crippen LogP contribution < -0.4 is 10.1 Å². The highest BCUT2D eigenvalue weighted by atomic mass is 35.5. The summed E-state index contributed by atoms with van der Waals surface area (Å²) < 4.78 is 5.71. The molecule has 2 aromatic rings. The van der Waals surface area contributed by atoms with E-state index >= 15 is 0 Å². The van der Waals surface area contributed by atoms with Crippen molar-refractivity contribution < 1.29 is 14.3 Å². The molecule has 0 spiro atoms. The number of ether oxygens (including phenoxy) is 1. The summed E-state index contributed by atoms with van der Waals surface area (Å²) in [7, 11) is 0. The Labute approximate surface area is 168 Å². The fourth-order valence-corrected chi connectivity index (χ4v) is 4.10. The predicted octanol–water partition coefficient (Wildman–Crippen LogP) is 4.04. The van der Waals surface area contributed by atoms with Crippen LogP contribution in [-0.2, 0) is 11.3 Å². The molecule has 0 bridgehead atoms. The molecule has 1 N–H and O–H groups in total. The minimum absolute atomic E-state index is 0.0239. The maximum atomic E-state index is 12.6. The van der Waals surface area contributed by atoms with Crippen molar-refractivity contribution in [3.05, 3.63) is 52.8 Å². The summed E-state index contributed by atoms with van der Waals surface area (Å²) in [6.45, 7) is 0.552. The zero-order valence-corrected chi connectivity index (χ0v) is 16.2. The van der Waals surface area contributed by atoms with Crippen LogP contribution in [0, 0.1) is 0 Å². The van der Waals surface area contributed by atoms with E-state index in [0.29, 0.717) is 23.5 Å². The van der Waals surface area contributed by atoms with Gasteiger partial charge in [-0.15, -0.1) is 0 Å². The van der Waals surface area contributed by atoms with Gasteiger partial charge < -0.3 is 15.0 Å². The molecule has 146 valence electrons. The summed E-state index contributed by atoms with van der Waals surface area (Å²) in [5.74, 6) is 0.382. The van der Waals surface area contributed by atoms with Gasteiger partial charge in [0.1, 0.15) is 10.9 Å². The van der Waals surface area contributed by atoms with Crippen molar-refractivity contribution in [1.29, 1.82) is 0 Å². The number of rotatable bonds is 3. The molecule has 2 heterocycles. The van der Waals surface area contributed by atoms with Gasteiger partial charge in [-0.1, -0.05) is 30.9 Å². The first-order chi connectivity index (χ1) is 13.6. The molecule has 1 aliphatic carbocycles. The molecule has 0 saturated heterocycles. The zero-order chi connectivity index (χ0) is 19.5. The minimum Gasteiger partial charge on any atom is -0.483 e. The fourth-order valence-electron chi connectivity index (χ4n) is 3.89. The van der Waals surface area contributed by atoms with E-state index in [9.17, 15) is 9.59 Å². The summed E-state index contributed by atoms with van der Waals surface area (Å²) in [4.78, 5) is 31.0. The number of aromatic nitrogens is 1. The number of hydrogen-bond donors (Lipinski definition) is 1. The Morgan fingerprint density at radius 3 is 2.82 bits per heavy atom. The molecule has 1 saturated carbocycles. The van der Waals surface area contributed by atoms with Crippen LogP contribution in [0.3, 0.4) is 0 Å². The number of halogens is 1. The second-order valence-electron chi connectivity index (χ2n) is 7.22. The summed E-state index contributed by atoms with van der Waals surface area (Å²) in [5, 5.41) is 3.01. The van der Waals surface area contributed by atoms with E-state index in [1.807, 2.05) is 11.0 Å². The van der Waals surface area contributed by atoms with Gasteiger partial charge in [0.25, 0.3) is 11.8 Å². The second kappa shape index (κ2) is 8.19. The van der Waals surface area contributed by atoms with E-state index in [1.54, 1.807) is 24.3 Å². The standard InChI is InChI=1S/C21H22ClN3O3/c22-20-17(7-4-10-23-20)21(27)24-15-8-9-18-14(11-15)12-25(19(26)13-28-18)16-5-2-1-3-6-16/h4,7-11,16H,1-3,5-6,12-13H2,(H,24,27). The number of anilines is 1. The number of fused-ring (bicyclic) bond motifs is 1. The first-order valence-electron chi connectivity index (χ1n) is 9.59. The van der Waals surface area contributed by atoms with Gasteiger partial charge in [-0.05, 0) is 43.2 Å². The molecule has 1 aromatic carbocycles. The lowest BCUT2D eigenvalue weighted by atomic mass is 9.93. The third-order valence-electron chi connectivity index (χ3n) is 5.35. The van der Waals surface area contributed by atoms with Gasteiger partial charge in [-0.2, -0.15) is 0 Å². The van der Waals surface area contributed by atoms with Crippen molar-refractivity contribution in [3.63, 3.8) is 0 Å². The monoisotopic (exact) mass is 399 g/mol. The van der Waals surface area contributed by atoms with Crippen LogP contribution >= 0.6 is 11.6 Å². The van der Waals surface area contributed by atoms with Crippen molar-refractivity contribution in [3.8, 4) is 5.75 Å². The van der Waals surface area contributed by atoms with E-state index in [1.165, 1.54) is 12.6 Å². The highest BCUT2D eigenvalue weighted by molar-refractivity contribution is 6.33. The van der Waals surface area contributed by atoms with Crippen molar-refractivity contribution in [2.75, 3.05) is 11.9 Å². The van der Waals surface area contributed by atoms with E-state index in [4.69, 9.17) is 16.3 Å². The van der Waals surface area contributed by atoms with Crippen LogP contribution in [0.1, 0.15) is 48.0 Å². The third kappa shape index (κ3) is 3.97. The van der Waals surface area contributed by atoms with Crippen molar-refractivity contribution >= 4 is 29.1 Å². The highest BCUT2D eigenvalue weighted by Gasteiger charge is 2.29. The molecule has 2 amide bonds. The lowest BCUT2D eigenvalue weighted by Gasteiger charge is -2.33. The Kier molecular flexibility index (Phi) is 5.48. The van der Waals surface area contributed by atoms with Gasteiger partial charge >= 0.3 is 0 Å². The molecule has 0 unspecified atom stereocenters. The molecule has 28 heavy (non-hydrogen) atoms. The molecule has 0 radical (unpaired) electrons. The molecule has 1 aliphatic heterocycles. The average Bonchev–Trinajstić information content (AvgIpc) is 2.88. The maximum absolute atomic E-state index is 12.6. The normalized spacial score (nSPS) is 17.5. The summed E-state index contributed by atoms with van der Waals surface area (Å²) >= 11 is 6.01. The second-order valence-corrected chi connectivity index (χ2v) is 7.58. The van der Waals surface area contributed by atoms with Crippen LogP contribution in [-0.4, -0.2) is 34.3 Å². The number of amides is 2. The smallest absolute Gasteiger partial charge is 0.261 e. The van der Waals surface area contributed by atoms with Crippen LogP contribution in [0.2, 0.25) is 5.15 Å². The number of nitrogens with zero attached hydrogens (tertiary/aromatic N) is 2. The lowest BCUT2D eigenvalue weighted by Crippen LogP contribution is -2.42. The quantitative estimate of drug-likeness (QED) is 0.790. The number of pyridine rings is 1. The lowest BCUT2D eigenvalue weighted by molar-refractivity contribution is -0.136. The largest absolute Gasteiger partial charge is 0.483 e. The molecular formula is C21H22ClN3O3. The van der Waals surface area contributed by atoms with E-state index in [-0.39, 0.29) is 29.6 Å². The SMILES string of the molecule is O=C(Nc1ccc2c(c1)CN(C1CCCCC1)C(=O)CO2)c1cccnc1Cl. The molecule has 0 atom stereocenters. The van der Waals surface area contributed by atoms with E-state index in [2.05, 4.69) is 10.3 Å². The van der Waals surface area contributed by atoms with Crippen LogP contribution in [0.5, 0.6) is 5.75 Å². The van der Waals surface area contributed by atoms with Gasteiger partial charge in [0, 0.05) is 30.0 Å². The van der Waals surface area contributed by atoms with E-state index < -0.39 is 0 Å². The number of hydrogen-bond acceptors (Lipinski definition) is 4. The summed E-state index contributed by atoms with van der Waals surface area (Å²) in [6.07, 6.45) is 7.16. The molecule has 4 rings (SSSR count). The van der Waals surface area contributed by atoms with Crippen molar-refractivity contribution in [2.24, 2.45) is 0 Å². The Morgan fingerprint density at radius 1 is 1.21 bits per heavy atom. The molecular weight excluding hydrogens is 378 g/mol. The number of carbonyl (C=O) groups is 2. The Balaban J connectivity index is 1.55. The first kappa shape index (κ1) is 18.7. The Bertz CT molecular complexity index is 896. The molecule has 7 heteroatoms. The molecule has 6 nitrogen and oxygen atoms in total. The zero-order valence-electron chi connectivity index (χ0n) is 15.5. The van der Waals surface area contributed by atoms with Crippen LogP contribution in [0.4, 0.5) is 5.69 Å². The number of nitrogens with one attached hydrogen (secondary N) is 1. The van der Waals surface area contributed by atoms with Gasteiger partial charge in [-0.25, -0.2) is 4.98 Å². The van der Waals surface area contributed by atoms with Crippen LogP contribution in [0.15, 0.2) is 36.5 Å². The Morgan fingerprint density at radius 2 is 2.04 bits per heavy atom. The van der Waals surface area contributed by atoms with E-state index in [0.717, 1.165) is 31.2 Å². The third-order valence-corrected chi connectivity index (χ3v) is 5.65. The van der Waals surface area contributed by atoms with Crippen LogP contribution in [0.25, 0.3) is 0 Å². The first-order valence-corrected chi connectivity index (χ1v) is 9.96. The number of carbonyl (C=O) groups excluding carboxylic acids is 2. The minimum atomic E-state index is -0.326. The molecule has 1 aromatic heterocycles. The van der Waals surface area contributed by atoms with Gasteiger partial charge in [0.2, 0.25) is 0 Å². The van der Waals surface area contributed by atoms with Crippen molar-refractivity contribution in [1.82, 2.24) is 9.88 Å². The van der Waals surface area contributed by atoms with Crippen molar-refractivity contribution in [2.45, 2.75) is 44.7 Å². The highest BCUT2D eigenvalue weighted by Crippen LogP contribution is 2.31. The van der Waals surface area contributed by atoms with Gasteiger partial charge in [0.15, 0.2) is 6.61 Å². The topological polar surface area (TPSA) is 71.5 Å². The predicted molar refractivity (Wildman–Crippen MR) is 107 cm³/mol.